The highest BCUT2D eigenvalue weighted by Crippen LogP contribution is 2.24. The molecule has 200 valence electrons. The van der Waals surface area contributed by atoms with Gasteiger partial charge in [0.25, 0.3) is 11.8 Å². The Bertz CT molecular complexity index is 1250. The Morgan fingerprint density at radius 1 is 1.00 bits per heavy atom. The van der Waals surface area contributed by atoms with Gasteiger partial charge in [-0.05, 0) is 68.4 Å². The first-order valence-corrected chi connectivity index (χ1v) is 12.4. The summed E-state index contributed by atoms with van der Waals surface area (Å²) in [7, 11) is 3.56. The van der Waals surface area contributed by atoms with Crippen molar-refractivity contribution in [3.63, 3.8) is 0 Å². The Hall–Kier alpha value is -3.99. The fourth-order valence-electron chi connectivity index (χ4n) is 3.38. The van der Waals surface area contributed by atoms with Gasteiger partial charge < -0.3 is 26.0 Å². The molecule has 38 heavy (non-hydrogen) atoms. The fourth-order valence-corrected chi connectivity index (χ4v) is 3.49. The van der Waals surface area contributed by atoms with Crippen LogP contribution in [0, 0.1) is 5.41 Å². The molecular weight excluding hydrogens is 506 g/mol. The standard InChI is InChI=1S/C27H32ClN7O3/c1-35(2)25(30)18-5-7-19(8-6-18)26(36)33-23-11-10-21(38-17-31-14-4-3-13-29)15-22(23)27(37)34-24-12-9-20(28)16-32-24/h5-12,15-16,30-31H,3-4,13-14,17,29H2,1-2H3,(H,33,36)(H,32,34,37). The lowest BCUT2D eigenvalue weighted by Gasteiger charge is -2.15. The summed E-state index contributed by atoms with van der Waals surface area (Å²) in [6, 6.07) is 14.7. The highest BCUT2D eigenvalue weighted by atomic mass is 35.5. The maximum atomic E-state index is 13.2. The zero-order valence-corrected chi connectivity index (χ0v) is 22.1. The van der Waals surface area contributed by atoms with Crippen molar-refractivity contribution in [1.29, 1.82) is 5.41 Å². The second kappa shape index (κ2) is 14.1. The molecule has 3 rings (SSSR count). The first kappa shape index (κ1) is 28.6. The van der Waals surface area contributed by atoms with Gasteiger partial charge in [0.1, 0.15) is 24.1 Å². The zero-order valence-electron chi connectivity index (χ0n) is 21.4. The molecule has 10 nitrogen and oxygen atoms in total. The number of carbonyl (C=O) groups excluding carboxylic acids is 2. The van der Waals surface area contributed by atoms with E-state index in [1.807, 2.05) is 0 Å². The van der Waals surface area contributed by atoms with Crippen molar-refractivity contribution in [3.05, 3.63) is 82.5 Å². The zero-order chi connectivity index (χ0) is 27.5. The molecule has 1 aromatic heterocycles. The Kier molecular flexibility index (Phi) is 10.6. The first-order valence-electron chi connectivity index (χ1n) is 12.1. The Labute approximate surface area is 227 Å². The van der Waals surface area contributed by atoms with Crippen LogP contribution < -0.4 is 26.4 Å². The van der Waals surface area contributed by atoms with Gasteiger partial charge in [-0.15, -0.1) is 0 Å². The molecule has 0 unspecified atom stereocenters. The first-order chi connectivity index (χ1) is 18.3. The summed E-state index contributed by atoms with van der Waals surface area (Å²) in [5, 5.41) is 17.2. The van der Waals surface area contributed by atoms with Gasteiger partial charge in [0, 0.05) is 31.4 Å². The van der Waals surface area contributed by atoms with Crippen LogP contribution in [0.25, 0.3) is 0 Å². The van der Waals surface area contributed by atoms with Crippen LogP contribution in [0.4, 0.5) is 11.5 Å². The summed E-state index contributed by atoms with van der Waals surface area (Å²) in [6.07, 6.45) is 3.28. The number of hydrogen-bond donors (Lipinski definition) is 5. The Morgan fingerprint density at radius 3 is 2.39 bits per heavy atom. The molecule has 0 aliphatic carbocycles. The number of nitrogens with one attached hydrogen (secondary N) is 4. The molecule has 11 heteroatoms. The van der Waals surface area contributed by atoms with Crippen molar-refractivity contribution < 1.29 is 14.3 Å². The molecule has 0 spiro atoms. The van der Waals surface area contributed by atoms with Gasteiger partial charge in [-0.3, -0.25) is 20.3 Å². The van der Waals surface area contributed by atoms with Crippen LogP contribution in [0.15, 0.2) is 60.8 Å². The minimum absolute atomic E-state index is 0.196. The largest absolute Gasteiger partial charge is 0.478 e. The molecule has 0 fully saturated rings. The lowest BCUT2D eigenvalue weighted by atomic mass is 10.1. The van der Waals surface area contributed by atoms with E-state index < -0.39 is 11.8 Å². The summed E-state index contributed by atoms with van der Waals surface area (Å²) in [5.74, 6) is 0.211. The molecule has 0 saturated heterocycles. The number of carbonyl (C=O) groups is 2. The van der Waals surface area contributed by atoms with Gasteiger partial charge >= 0.3 is 0 Å². The minimum atomic E-state index is -0.480. The van der Waals surface area contributed by atoms with E-state index in [-0.39, 0.29) is 12.3 Å². The molecule has 2 amide bonds. The van der Waals surface area contributed by atoms with Crippen molar-refractivity contribution in [3.8, 4) is 5.75 Å². The number of benzene rings is 2. The molecule has 0 saturated carbocycles. The molecule has 0 radical (unpaired) electrons. The Balaban J connectivity index is 1.78. The number of amides is 2. The van der Waals surface area contributed by atoms with E-state index in [0.717, 1.165) is 19.4 Å². The van der Waals surface area contributed by atoms with Crippen LogP contribution in [0.1, 0.15) is 39.1 Å². The van der Waals surface area contributed by atoms with E-state index in [1.54, 1.807) is 73.6 Å². The summed E-state index contributed by atoms with van der Waals surface area (Å²) >= 11 is 5.89. The molecule has 1 heterocycles. The smallest absolute Gasteiger partial charge is 0.259 e. The van der Waals surface area contributed by atoms with E-state index in [0.29, 0.717) is 45.8 Å². The SMILES string of the molecule is CN(C)C(=N)c1ccc(C(=O)Nc2ccc(OCNCCCCN)cc2C(=O)Nc2ccc(Cl)cn2)cc1. The van der Waals surface area contributed by atoms with Gasteiger partial charge in [0.15, 0.2) is 0 Å². The lowest BCUT2D eigenvalue weighted by molar-refractivity contribution is 0.102. The lowest BCUT2D eigenvalue weighted by Crippen LogP contribution is -2.23. The van der Waals surface area contributed by atoms with Gasteiger partial charge in [0.05, 0.1) is 16.3 Å². The van der Waals surface area contributed by atoms with Crippen LogP contribution in [-0.4, -0.2) is 61.4 Å². The van der Waals surface area contributed by atoms with E-state index in [4.69, 9.17) is 27.5 Å². The molecule has 0 bridgehead atoms. The third kappa shape index (κ3) is 8.27. The van der Waals surface area contributed by atoms with Crippen LogP contribution in [0.5, 0.6) is 5.75 Å². The number of aromatic nitrogens is 1. The highest BCUT2D eigenvalue weighted by Gasteiger charge is 2.17. The number of nitrogens with zero attached hydrogens (tertiary/aromatic N) is 2. The third-order valence-electron chi connectivity index (χ3n) is 5.47. The molecule has 3 aromatic rings. The van der Waals surface area contributed by atoms with E-state index >= 15 is 0 Å². The van der Waals surface area contributed by atoms with Crippen molar-refractivity contribution in [2.45, 2.75) is 12.8 Å². The Morgan fingerprint density at radius 2 is 1.74 bits per heavy atom. The number of rotatable bonds is 12. The van der Waals surface area contributed by atoms with Crippen LogP contribution >= 0.6 is 11.6 Å². The minimum Gasteiger partial charge on any atom is -0.478 e. The van der Waals surface area contributed by atoms with Crippen molar-refractivity contribution >= 4 is 40.8 Å². The second-order valence-electron chi connectivity index (χ2n) is 8.58. The highest BCUT2D eigenvalue weighted by molar-refractivity contribution is 6.30. The predicted octanol–water partition coefficient (Wildman–Crippen LogP) is 3.79. The van der Waals surface area contributed by atoms with E-state index in [1.165, 1.54) is 6.20 Å². The van der Waals surface area contributed by atoms with Crippen LogP contribution in [0.2, 0.25) is 5.02 Å². The number of unbranched alkanes of at least 4 members (excludes halogenated alkanes) is 1. The van der Waals surface area contributed by atoms with Gasteiger partial charge in [0.2, 0.25) is 0 Å². The maximum Gasteiger partial charge on any atom is 0.259 e. The van der Waals surface area contributed by atoms with Crippen molar-refractivity contribution in [1.82, 2.24) is 15.2 Å². The number of pyridine rings is 1. The predicted molar refractivity (Wildman–Crippen MR) is 150 cm³/mol. The molecule has 0 atom stereocenters. The summed E-state index contributed by atoms with van der Waals surface area (Å²) in [5.41, 5.74) is 7.07. The molecule has 6 N–H and O–H groups in total. The number of nitrogens with two attached hydrogens (primary N) is 1. The van der Waals surface area contributed by atoms with Crippen molar-refractivity contribution in [2.24, 2.45) is 5.73 Å². The number of amidine groups is 1. The molecule has 2 aromatic carbocycles. The van der Waals surface area contributed by atoms with Crippen LogP contribution in [-0.2, 0) is 0 Å². The summed E-state index contributed by atoms with van der Waals surface area (Å²) in [6.45, 7) is 1.65. The number of anilines is 2. The monoisotopic (exact) mass is 537 g/mol. The number of halogens is 1. The third-order valence-corrected chi connectivity index (χ3v) is 5.69. The van der Waals surface area contributed by atoms with E-state index in [9.17, 15) is 9.59 Å². The maximum absolute atomic E-state index is 13.2. The summed E-state index contributed by atoms with van der Waals surface area (Å²) < 4.78 is 5.75. The average molecular weight is 538 g/mol. The molecule has 0 aliphatic heterocycles. The van der Waals surface area contributed by atoms with Crippen molar-refractivity contribution in [2.75, 3.05) is 44.5 Å². The van der Waals surface area contributed by atoms with Gasteiger partial charge in [-0.2, -0.15) is 0 Å². The quantitative estimate of drug-likeness (QED) is 0.102. The normalized spacial score (nSPS) is 10.5. The van der Waals surface area contributed by atoms with Crippen LogP contribution in [0.3, 0.4) is 0 Å². The van der Waals surface area contributed by atoms with E-state index in [2.05, 4.69) is 20.9 Å². The second-order valence-corrected chi connectivity index (χ2v) is 9.02. The number of hydrogen-bond acceptors (Lipinski definition) is 7. The van der Waals surface area contributed by atoms with Gasteiger partial charge in [-0.25, -0.2) is 4.98 Å². The number of ether oxygens (including phenoxy) is 1. The fraction of sp³-hybridized carbons (Fsp3) is 0.259. The summed E-state index contributed by atoms with van der Waals surface area (Å²) in [4.78, 5) is 32.0. The van der Waals surface area contributed by atoms with Gasteiger partial charge in [-0.1, -0.05) is 23.7 Å². The molecular formula is C27H32ClN7O3. The molecule has 0 aliphatic rings. The average Bonchev–Trinajstić information content (AvgIpc) is 2.92. The topological polar surface area (TPSA) is 145 Å².